The van der Waals surface area contributed by atoms with E-state index in [-0.39, 0.29) is 12.4 Å². The van der Waals surface area contributed by atoms with Crippen LogP contribution >= 0.6 is 15.9 Å². The summed E-state index contributed by atoms with van der Waals surface area (Å²) < 4.78 is 6.15. The number of hydrogen-bond acceptors (Lipinski definition) is 2. The Bertz CT molecular complexity index is 358. The second-order valence-electron chi connectivity index (χ2n) is 2.81. The Labute approximate surface area is 78.7 Å². The van der Waals surface area contributed by atoms with Gasteiger partial charge in [0.2, 0.25) is 5.78 Å². The molecule has 1 aromatic rings. The summed E-state index contributed by atoms with van der Waals surface area (Å²) in [5.41, 5.74) is 1.70. The third-order valence-electron chi connectivity index (χ3n) is 1.89. The zero-order chi connectivity index (χ0) is 8.72. The Morgan fingerprint density at radius 1 is 1.50 bits per heavy atom. The summed E-state index contributed by atoms with van der Waals surface area (Å²) in [5, 5.41) is 0. The Kier molecular flexibility index (Phi) is 1.68. The number of ether oxygens (including phenoxy) is 1. The van der Waals surface area contributed by atoms with E-state index < -0.39 is 0 Å². The first-order chi connectivity index (χ1) is 5.68. The van der Waals surface area contributed by atoms with Gasteiger partial charge in [0.05, 0.1) is 5.56 Å². The van der Waals surface area contributed by atoms with Crippen molar-refractivity contribution < 1.29 is 9.53 Å². The molecular weight excluding hydrogens is 220 g/mol. The van der Waals surface area contributed by atoms with E-state index in [0.717, 1.165) is 15.8 Å². The molecule has 0 amide bonds. The van der Waals surface area contributed by atoms with E-state index in [1.54, 1.807) is 6.07 Å². The number of fused-ring (bicyclic) bond motifs is 1. The van der Waals surface area contributed by atoms with Crippen molar-refractivity contribution in [2.75, 3.05) is 6.61 Å². The van der Waals surface area contributed by atoms with E-state index in [9.17, 15) is 4.79 Å². The van der Waals surface area contributed by atoms with Crippen molar-refractivity contribution in [3.05, 3.63) is 27.7 Å². The van der Waals surface area contributed by atoms with Gasteiger partial charge in [-0.25, -0.2) is 0 Å². The van der Waals surface area contributed by atoms with Gasteiger partial charge in [0.25, 0.3) is 0 Å². The van der Waals surface area contributed by atoms with Crippen LogP contribution in [0.2, 0.25) is 0 Å². The quantitative estimate of drug-likeness (QED) is 0.679. The van der Waals surface area contributed by atoms with Gasteiger partial charge in [-0.3, -0.25) is 4.79 Å². The van der Waals surface area contributed by atoms with E-state index in [0.29, 0.717) is 5.56 Å². The second-order valence-corrected chi connectivity index (χ2v) is 3.73. The Morgan fingerprint density at radius 3 is 3.00 bits per heavy atom. The van der Waals surface area contributed by atoms with Crippen LogP contribution in [-0.4, -0.2) is 12.4 Å². The number of rotatable bonds is 0. The SMILES string of the molecule is Cc1cc(Br)cc2c1OCC2=O. The lowest BCUT2D eigenvalue weighted by Crippen LogP contribution is -1.98. The highest BCUT2D eigenvalue weighted by atomic mass is 79.9. The van der Waals surface area contributed by atoms with Gasteiger partial charge in [-0.05, 0) is 24.6 Å². The molecule has 0 bridgehead atoms. The van der Waals surface area contributed by atoms with E-state index in [1.165, 1.54) is 0 Å². The predicted molar refractivity (Wildman–Crippen MR) is 48.7 cm³/mol. The number of hydrogen-bond donors (Lipinski definition) is 0. The zero-order valence-corrected chi connectivity index (χ0v) is 8.14. The van der Waals surface area contributed by atoms with Crippen LogP contribution in [0, 0.1) is 6.92 Å². The predicted octanol–water partition coefficient (Wildman–Crippen LogP) is 2.33. The minimum atomic E-state index is 0.0643. The molecule has 0 unspecified atom stereocenters. The molecule has 0 spiro atoms. The highest BCUT2D eigenvalue weighted by Gasteiger charge is 2.22. The fourth-order valence-corrected chi connectivity index (χ4v) is 1.92. The molecule has 0 radical (unpaired) electrons. The van der Waals surface area contributed by atoms with Crippen LogP contribution in [0.4, 0.5) is 0 Å². The number of carbonyl (C=O) groups excluding carboxylic acids is 1. The van der Waals surface area contributed by atoms with Crippen molar-refractivity contribution in [3.8, 4) is 5.75 Å². The lowest BCUT2D eigenvalue weighted by atomic mass is 10.1. The molecule has 2 nitrogen and oxygen atoms in total. The van der Waals surface area contributed by atoms with Crippen LogP contribution in [-0.2, 0) is 0 Å². The molecule has 2 rings (SSSR count). The van der Waals surface area contributed by atoms with Crippen molar-refractivity contribution in [1.82, 2.24) is 0 Å². The molecule has 0 fully saturated rings. The molecule has 0 N–H and O–H groups in total. The average Bonchev–Trinajstić information content (AvgIpc) is 2.33. The summed E-state index contributed by atoms with van der Waals surface area (Å²) in [5.74, 6) is 0.803. The summed E-state index contributed by atoms with van der Waals surface area (Å²) in [6.07, 6.45) is 0. The molecule has 1 aromatic carbocycles. The largest absolute Gasteiger partial charge is 0.484 e. The molecule has 0 aliphatic carbocycles. The fraction of sp³-hybridized carbons (Fsp3) is 0.222. The fourth-order valence-electron chi connectivity index (χ4n) is 1.34. The highest BCUT2D eigenvalue weighted by Crippen LogP contribution is 2.31. The molecule has 1 heterocycles. The minimum Gasteiger partial charge on any atom is -0.484 e. The molecule has 0 atom stereocenters. The average molecular weight is 227 g/mol. The maximum atomic E-state index is 11.2. The highest BCUT2D eigenvalue weighted by molar-refractivity contribution is 9.10. The Balaban J connectivity index is 2.68. The molecule has 3 heteroatoms. The standard InChI is InChI=1S/C9H7BrO2/c1-5-2-6(10)3-7-8(11)4-12-9(5)7/h2-3H,4H2,1H3. The minimum absolute atomic E-state index is 0.0643. The summed E-state index contributed by atoms with van der Waals surface area (Å²) in [6, 6.07) is 3.75. The van der Waals surface area contributed by atoms with E-state index in [4.69, 9.17) is 4.74 Å². The van der Waals surface area contributed by atoms with Crippen LogP contribution in [0.25, 0.3) is 0 Å². The van der Waals surface area contributed by atoms with Gasteiger partial charge < -0.3 is 4.74 Å². The third kappa shape index (κ3) is 1.05. The smallest absolute Gasteiger partial charge is 0.203 e. The van der Waals surface area contributed by atoms with E-state index in [1.807, 2.05) is 13.0 Å². The van der Waals surface area contributed by atoms with Gasteiger partial charge in [0, 0.05) is 4.47 Å². The number of Topliss-reactive ketones (excluding diaryl/α,β-unsaturated/α-hetero) is 1. The second kappa shape index (κ2) is 2.59. The number of halogens is 1. The molecule has 0 saturated carbocycles. The van der Waals surface area contributed by atoms with Gasteiger partial charge in [-0.2, -0.15) is 0 Å². The zero-order valence-electron chi connectivity index (χ0n) is 6.56. The van der Waals surface area contributed by atoms with Crippen molar-refractivity contribution in [2.24, 2.45) is 0 Å². The van der Waals surface area contributed by atoms with Gasteiger partial charge >= 0.3 is 0 Å². The monoisotopic (exact) mass is 226 g/mol. The van der Waals surface area contributed by atoms with Crippen molar-refractivity contribution >= 4 is 21.7 Å². The molecule has 12 heavy (non-hydrogen) atoms. The first-order valence-electron chi connectivity index (χ1n) is 3.64. The molecule has 1 aliphatic heterocycles. The van der Waals surface area contributed by atoms with E-state index in [2.05, 4.69) is 15.9 Å². The first kappa shape index (κ1) is 7.80. The third-order valence-corrected chi connectivity index (χ3v) is 2.35. The lowest BCUT2D eigenvalue weighted by molar-refractivity contribution is 0.0961. The normalized spacial score (nSPS) is 14.3. The summed E-state index contributed by atoms with van der Waals surface area (Å²) in [4.78, 5) is 11.2. The number of ketones is 1. The molecule has 1 aliphatic rings. The molecule has 0 aromatic heterocycles. The van der Waals surface area contributed by atoms with Crippen LogP contribution in [0.3, 0.4) is 0 Å². The van der Waals surface area contributed by atoms with Crippen LogP contribution in [0.1, 0.15) is 15.9 Å². The Hall–Kier alpha value is -0.830. The lowest BCUT2D eigenvalue weighted by Gasteiger charge is -2.01. The van der Waals surface area contributed by atoms with Gasteiger partial charge in [0.1, 0.15) is 5.75 Å². The topological polar surface area (TPSA) is 26.3 Å². The van der Waals surface area contributed by atoms with E-state index >= 15 is 0 Å². The maximum absolute atomic E-state index is 11.2. The van der Waals surface area contributed by atoms with Crippen molar-refractivity contribution in [2.45, 2.75) is 6.92 Å². The molecular formula is C9H7BrO2. The van der Waals surface area contributed by atoms with Gasteiger partial charge in [-0.1, -0.05) is 15.9 Å². The molecule has 62 valence electrons. The summed E-state index contributed by atoms with van der Waals surface area (Å²) in [6.45, 7) is 2.12. The van der Waals surface area contributed by atoms with Crippen LogP contribution in [0.15, 0.2) is 16.6 Å². The number of benzene rings is 1. The van der Waals surface area contributed by atoms with Gasteiger partial charge in [0.15, 0.2) is 6.61 Å². The van der Waals surface area contributed by atoms with Gasteiger partial charge in [-0.15, -0.1) is 0 Å². The summed E-state index contributed by atoms with van der Waals surface area (Å²) in [7, 11) is 0. The summed E-state index contributed by atoms with van der Waals surface area (Å²) >= 11 is 3.34. The van der Waals surface area contributed by atoms with Crippen molar-refractivity contribution in [3.63, 3.8) is 0 Å². The van der Waals surface area contributed by atoms with Crippen LogP contribution in [0.5, 0.6) is 5.75 Å². The number of aryl methyl sites for hydroxylation is 1. The maximum Gasteiger partial charge on any atom is 0.203 e. The van der Waals surface area contributed by atoms with Crippen molar-refractivity contribution in [1.29, 1.82) is 0 Å². The number of carbonyl (C=O) groups is 1. The molecule has 0 saturated heterocycles. The van der Waals surface area contributed by atoms with Crippen LogP contribution < -0.4 is 4.74 Å². The Morgan fingerprint density at radius 2 is 2.25 bits per heavy atom. The first-order valence-corrected chi connectivity index (χ1v) is 4.44.